The van der Waals surface area contributed by atoms with E-state index in [1.165, 1.54) is 36.0 Å². The van der Waals surface area contributed by atoms with E-state index in [4.69, 9.17) is 0 Å². The molecule has 0 saturated carbocycles. The van der Waals surface area contributed by atoms with E-state index >= 15 is 0 Å². The first-order chi connectivity index (χ1) is 11.3. The molecule has 2 aromatic rings. The number of hydrogen-bond donors (Lipinski definition) is 1. The Hall–Kier alpha value is -2.46. The Morgan fingerprint density at radius 1 is 0.957 bits per heavy atom. The van der Waals surface area contributed by atoms with Gasteiger partial charge < -0.3 is 5.32 Å². The predicted octanol–water partition coefficient (Wildman–Crippen LogP) is 5.65. The van der Waals surface area contributed by atoms with Crippen molar-refractivity contribution in [1.82, 2.24) is 0 Å². The smallest absolute Gasteiger partial charge is 0.114 e. The summed E-state index contributed by atoms with van der Waals surface area (Å²) in [6, 6.07) is 18.9. The first kappa shape index (κ1) is 15.4. The van der Waals surface area contributed by atoms with E-state index in [0.717, 1.165) is 12.1 Å². The van der Waals surface area contributed by atoms with Crippen LogP contribution < -0.4 is 5.32 Å². The maximum atomic E-state index is 3.55. The topological polar surface area (TPSA) is 12.0 Å². The van der Waals surface area contributed by atoms with Crippen LogP contribution in [0, 0.1) is 18.8 Å². The molecule has 0 aromatic heterocycles. The summed E-state index contributed by atoms with van der Waals surface area (Å²) in [6.07, 6.45) is 7.16. The van der Waals surface area contributed by atoms with E-state index in [9.17, 15) is 0 Å². The summed E-state index contributed by atoms with van der Waals surface area (Å²) in [5, 5.41) is 3.55. The molecule has 1 aliphatic rings. The molecule has 1 N–H and O–H groups in total. The van der Waals surface area contributed by atoms with Crippen LogP contribution in [0.4, 0.5) is 5.69 Å². The number of allylic oxidation sites excluding steroid dienone is 2. The van der Waals surface area contributed by atoms with Crippen molar-refractivity contribution in [2.75, 3.05) is 5.32 Å². The molecule has 0 spiro atoms. The second-order valence-electron chi connectivity index (χ2n) is 6.10. The van der Waals surface area contributed by atoms with Crippen molar-refractivity contribution in [3.63, 3.8) is 0 Å². The molecule has 1 heteroatoms. The lowest BCUT2D eigenvalue weighted by Gasteiger charge is -2.16. The molecule has 0 bridgehead atoms. The second kappa shape index (κ2) is 7.70. The lowest BCUT2D eigenvalue weighted by atomic mass is 9.99. The monoisotopic (exact) mass is 301 g/mol. The van der Waals surface area contributed by atoms with Crippen molar-refractivity contribution in [3.05, 3.63) is 77.4 Å². The van der Waals surface area contributed by atoms with E-state index in [1.54, 1.807) is 0 Å². The SMILES string of the molecule is Cc1ccc([C@H](C#CC2=CCCCC2)Nc2ccccc2)cc1. The average molecular weight is 301 g/mol. The molecule has 0 aliphatic heterocycles. The van der Waals surface area contributed by atoms with Gasteiger partial charge in [-0.3, -0.25) is 0 Å². The van der Waals surface area contributed by atoms with E-state index in [-0.39, 0.29) is 6.04 Å². The summed E-state index contributed by atoms with van der Waals surface area (Å²) in [5.74, 6) is 6.85. The number of hydrogen-bond acceptors (Lipinski definition) is 1. The molecular formula is C22H23N. The number of rotatable bonds is 3. The molecule has 0 amide bonds. The highest BCUT2D eigenvalue weighted by Gasteiger charge is 2.08. The van der Waals surface area contributed by atoms with Gasteiger partial charge in [0.25, 0.3) is 0 Å². The normalized spacial score (nSPS) is 15.1. The van der Waals surface area contributed by atoms with Gasteiger partial charge in [-0.1, -0.05) is 65.9 Å². The second-order valence-corrected chi connectivity index (χ2v) is 6.10. The van der Waals surface area contributed by atoms with Crippen LogP contribution in [0.15, 0.2) is 66.2 Å². The molecule has 0 fully saturated rings. The molecule has 0 saturated heterocycles. The van der Waals surface area contributed by atoms with Crippen LogP contribution in [0.2, 0.25) is 0 Å². The maximum absolute atomic E-state index is 3.55. The minimum absolute atomic E-state index is 0.0147. The molecule has 3 rings (SSSR count). The Kier molecular flexibility index (Phi) is 5.17. The molecule has 116 valence electrons. The van der Waals surface area contributed by atoms with Crippen LogP contribution in [0.1, 0.15) is 42.9 Å². The van der Waals surface area contributed by atoms with Gasteiger partial charge in [-0.05, 0) is 55.9 Å². The number of anilines is 1. The minimum Gasteiger partial charge on any atom is -0.368 e. The van der Waals surface area contributed by atoms with Gasteiger partial charge in [0.05, 0.1) is 0 Å². The fourth-order valence-electron chi connectivity index (χ4n) is 2.78. The Balaban J connectivity index is 1.85. The fourth-order valence-corrected chi connectivity index (χ4v) is 2.78. The zero-order chi connectivity index (χ0) is 15.9. The van der Waals surface area contributed by atoms with Crippen molar-refractivity contribution in [1.29, 1.82) is 0 Å². The lowest BCUT2D eigenvalue weighted by molar-refractivity contribution is 0.715. The van der Waals surface area contributed by atoms with E-state index in [1.807, 2.05) is 18.2 Å². The van der Waals surface area contributed by atoms with Gasteiger partial charge in [0.1, 0.15) is 6.04 Å². The van der Waals surface area contributed by atoms with Crippen molar-refractivity contribution >= 4 is 5.69 Å². The van der Waals surface area contributed by atoms with Crippen LogP contribution in [-0.4, -0.2) is 0 Å². The third kappa shape index (κ3) is 4.50. The molecule has 2 aromatic carbocycles. The Labute approximate surface area is 139 Å². The molecule has 1 atom stereocenters. The van der Waals surface area contributed by atoms with Gasteiger partial charge in [0, 0.05) is 5.69 Å². The Bertz CT molecular complexity index is 714. The first-order valence-electron chi connectivity index (χ1n) is 8.40. The summed E-state index contributed by atoms with van der Waals surface area (Å²) >= 11 is 0. The summed E-state index contributed by atoms with van der Waals surface area (Å²) in [5.41, 5.74) is 4.88. The maximum Gasteiger partial charge on any atom is 0.114 e. The molecule has 1 nitrogen and oxygen atoms in total. The summed E-state index contributed by atoms with van der Waals surface area (Å²) < 4.78 is 0. The zero-order valence-electron chi connectivity index (χ0n) is 13.7. The van der Waals surface area contributed by atoms with Crippen molar-refractivity contribution < 1.29 is 0 Å². The summed E-state index contributed by atoms with van der Waals surface area (Å²) in [4.78, 5) is 0. The minimum atomic E-state index is 0.0147. The van der Waals surface area contributed by atoms with Crippen LogP contribution in [0.3, 0.4) is 0 Å². The van der Waals surface area contributed by atoms with Gasteiger partial charge in [-0.25, -0.2) is 0 Å². The fraction of sp³-hybridized carbons (Fsp3) is 0.273. The highest BCUT2D eigenvalue weighted by molar-refractivity contribution is 5.49. The van der Waals surface area contributed by atoms with Crippen LogP contribution in [0.25, 0.3) is 0 Å². The highest BCUT2D eigenvalue weighted by Crippen LogP contribution is 2.21. The standard InChI is InChI=1S/C22H23N/c1-18-12-15-20(16-13-18)22(23-21-10-6-3-7-11-21)17-14-19-8-4-2-5-9-19/h3,6-8,10-13,15-16,22-23H,2,4-5,9H2,1H3/t22-/m0/s1. The highest BCUT2D eigenvalue weighted by atomic mass is 14.9. The Morgan fingerprint density at radius 3 is 2.43 bits per heavy atom. The molecule has 0 radical (unpaired) electrons. The molecule has 0 unspecified atom stereocenters. The van der Waals surface area contributed by atoms with Crippen LogP contribution in [-0.2, 0) is 0 Å². The molecular weight excluding hydrogens is 278 g/mol. The quantitative estimate of drug-likeness (QED) is 0.722. The zero-order valence-corrected chi connectivity index (χ0v) is 13.7. The van der Waals surface area contributed by atoms with Crippen LogP contribution >= 0.6 is 0 Å². The van der Waals surface area contributed by atoms with E-state index < -0.39 is 0 Å². The van der Waals surface area contributed by atoms with Gasteiger partial charge in [-0.2, -0.15) is 0 Å². The average Bonchev–Trinajstić information content (AvgIpc) is 2.61. The van der Waals surface area contributed by atoms with Crippen molar-refractivity contribution in [2.24, 2.45) is 0 Å². The number of aryl methyl sites for hydroxylation is 1. The third-order valence-corrected chi connectivity index (χ3v) is 4.16. The lowest BCUT2D eigenvalue weighted by Crippen LogP contribution is -2.08. The van der Waals surface area contributed by atoms with Gasteiger partial charge in [0.15, 0.2) is 0 Å². The predicted molar refractivity (Wildman–Crippen MR) is 98.3 cm³/mol. The third-order valence-electron chi connectivity index (χ3n) is 4.16. The van der Waals surface area contributed by atoms with E-state index in [0.29, 0.717) is 0 Å². The molecule has 0 heterocycles. The largest absolute Gasteiger partial charge is 0.368 e. The molecule has 1 aliphatic carbocycles. The van der Waals surface area contributed by atoms with Crippen LogP contribution in [0.5, 0.6) is 0 Å². The summed E-state index contributed by atoms with van der Waals surface area (Å²) in [7, 11) is 0. The summed E-state index contributed by atoms with van der Waals surface area (Å²) in [6.45, 7) is 2.11. The van der Waals surface area contributed by atoms with E-state index in [2.05, 4.69) is 66.6 Å². The first-order valence-corrected chi connectivity index (χ1v) is 8.40. The number of para-hydroxylation sites is 1. The Morgan fingerprint density at radius 2 is 1.74 bits per heavy atom. The van der Waals surface area contributed by atoms with Crippen molar-refractivity contribution in [2.45, 2.75) is 38.6 Å². The van der Waals surface area contributed by atoms with Gasteiger partial charge in [0.2, 0.25) is 0 Å². The van der Waals surface area contributed by atoms with Gasteiger partial charge >= 0.3 is 0 Å². The number of benzene rings is 2. The number of nitrogens with one attached hydrogen (secondary N) is 1. The molecule has 23 heavy (non-hydrogen) atoms. The van der Waals surface area contributed by atoms with Crippen molar-refractivity contribution in [3.8, 4) is 11.8 Å². The van der Waals surface area contributed by atoms with Gasteiger partial charge in [-0.15, -0.1) is 0 Å².